The van der Waals surface area contributed by atoms with Gasteiger partial charge in [-0.05, 0) is 19.1 Å². The van der Waals surface area contributed by atoms with Crippen LogP contribution in [0.1, 0.15) is 6.92 Å². The van der Waals surface area contributed by atoms with Crippen LogP contribution in [0.25, 0.3) is 16.2 Å². The predicted molar refractivity (Wildman–Crippen MR) is 83.5 cm³/mol. The normalized spacial score (nSPS) is 10.6. The molecule has 0 spiro atoms. The van der Waals surface area contributed by atoms with Crippen molar-refractivity contribution in [2.45, 2.75) is 6.92 Å². The summed E-state index contributed by atoms with van der Waals surface area (Å²) in [5.74, 6) is 0.957. The van der Waals surface area contributed by atoms with E-state index in [9.17, 15) is 4.79 Å². The van der Waals surface area contributed by atoms with Crippen molar-refractivity contribution in [1.82, 2.24) is 14.6 Å². The topological polar surface area (TPSA) is 77.8 Å². The van der Waals surface area contributed by atoms with Gasteiger partial charge in [0.05, 0.1) is 19.4 Å². The summed E-state index contributed by atoms with van der Waals surface area (Å²) in [4.78, 5) is 16.4. The zero-order chi connectivity index (χ0) is 15.5. The second kappa shape index (κ2) is 6.02. The van der Waals surface area contributed by atoms with Gasteiger partial charge in [0, 0.05) is 10.9 Å². The van der Waals surface area contributed by atoms with Crippen molar-refractivity contribution in [2.24, 2.45) is 0 Å². The summed E-state index contributed by atoms with van der Waals surface area (Å²) in [5, 5.41) is 8.74. The molecule has 0 aliphatic rings. The summed E-state index contributed by atoms with van der Waals surface area (Å²) < 4.78 is 11.9. The zero-order valence-corrected chi connectivity index (χ0v) is 12.9. The zero-order valence-electron chi connectivity index (χ0n) is 12.1. The van der Waals surface area contributed by atoms with E-state index < -0.39 is 6.09 Å². The number of carbonyl (C=O) groups excluding carboxylic acids is 1. The van der Waals surface area contributed by atoms with Crippen LogP contribution < -0.4 is 10.1 Å². The molecular weight excluding hydrogens is 304 g/mol. The number of para-hydroxylation sites is 1. The molecule has 3 rings (SSSR count). The molecule has 22 heavy (non-hydrogen) atoms. The molecule has 0 aliphatic carbocycles. The lowest BCUT2D eigenvalue weighted by Crippen LogP contribution is -2.14. The lowest BCUT2D eigenvalue weighted by Gasteiger charge is -2.06. The van der Waals surface area contributed by atoms with Crippen LogP contribution in [0.4, 0.5) is 10.7 Å². The average molecular weight is 318 g/mol. The maximum absolute atomic E-state index is 11.4. The third-order valence-electron chi connectivity index (χ3n) is 2.95. The van der Waals surface area contributed by atoms with Crippen molar-refractivity contribution in [3.05, 3.63) is 29.6 Å². The first-order valence-corrected chi connectivity index (χ1v) is 7.52. The number of hydrogen-bond donors (Lipinski definition) is 1. The molecule has 2 aromatic heterocycles. The van der Waals surface area contributed by atoms with E-state index in [1.807, 2.05) is 29.6 Å². The summed E-state index contributed by atoms with van der Waals surface area (Å²) in [6.45, 7) is 2.03. The first-order valence-electron chi connectivity index (χ1n) is 6.64. The van der Waals surface area contributed by atoms with Gasteiger partial charge in [0.1, 0.15) is 5.75 Å². The molecule has 3 aromatic rings. The van der Waals surface area contributed by atoms with Crippen molar-refractivity contribution in [3.8, 4) is 17.0 Å². The largest absolute Gasteiger partial charge is 0.496 e. The van der Waals surface area contributed by atoms with E-state index in [1.165, 1.54) is 11.3 Å². The second-order valence-corrected chi connectivity index (χ2v) is 5.13. The Bertz CT molecular complexity index is 811. The number of nitrogens with zero attached hydrogens (tertiary/aromatic N) is 3. The fourth-order valence-electron chi connectivity index (χ4n) is 2.03. The highest BCUT2D eigenvalue weighted by Crippen LogP contribution is 2.32. The molecule has 0 radical (unpaired) electrons. The summed E-state index contributed by atoms with van der Waals surface area (Å²) in [5.41, 5.74) is 1.76. The van der Waals surface area contributed by atoms with E-state index >= 15 is 0 Å². The molecule has 114 valence electrons. The SMILES string of the molecule is CCOC(=O)Nc1nc2scc(-c3ccccc3OC)n2n1. The first-order chi connectivity index (χ1) is 10.7. The molecule has 0 atom stereocenters. The summed E-state index contributed by atoms with van der Waals surface area (Å²) >= 11 is 1.43. The van der Waals surface area contributed by atoms with Crippen LogP contribution in [0.15, 0.2) is 29.6 Å². The Hall–Kier alpha value is -2.61. The van der Waals surface area contributed by atoms with Crippen LogP contribution in [0.3, 0.4) is 0 Å². The quantitative estimate of drug-likeness (QED) is 0.800. The van der Waals surface area contributed by atoms with Crippen LogP contribution in [0, 0.1) is 0 Å². The number of rotatable bonds is 4. The molecule has 2 heterocycles. The number of benzene rings is 1. The monoisotopic (exact) mass is 318 g/mol. The number of aromatic nitrogens is 3. The molecule has 8 heteroatoms. The highest BCUT2D eigenvalue weighted by atomic mass is 32.1. The number of methoxy groups -OCH3 is 1. The van der Waals surface area contributed by atoms with E-state index in [2.05, 4.69) is 15.4 Å². The third kappa shape index (κ3) is 2.60. The van der Waals surface area contributed by atoms with Crippen molar-refractivity contribution >= 4 is 28.3 Å². The molecule has 0 bridgehead atoms. The van der Waals surface area contributed by atoms with E-state index in [0.29, 0.717) is 11.6 Å². The number of hydrogen-bond acceptors (Lipinski definition) is 6. The lowest BCUT2D eigenvalue weighted by molar-refractivity contribution is 0.167. The van der Waals surface area contributed by atoms with Gasteiger partial charge in [-0.25, -0.2) is 9.31 Å². The molecule has 1 amide bonds. The van der Waals surface area contributed by atoms with Crippen molar-refractivity contribution in [1.29, 1.82) is 0 Å². The minimum Gasteiger partial charge on any atom is -0.496 e. The van der Waals surface area contributed by atoms with Gasteiger partial charge in [-0.15, -0.1) is 16.4 Å². The number of fused-ring (bicyclic) bond motifs is 1. The molecular formula is C14H14N4O3S. The number of thiazole rings is 1. The molecule has 1 N–H and O–H groups in total. The molecule has 7 nitrogen and oxygen atoms in total. The number of nitrogens with one attached hydrogen (secondary N) is 1. The Labute approximate surface area is 130 Å². The average Bonchev–Trinajstić information content (AvgIpc) is 3.07. The van der Waals surface area contributed by atoms with Gasteiger partial charge in [0.2, 0.25) is 4.96 Å². The van der Waals surface area contributed by atoms with E-state index in [0.717, 1.165) is 17.0 Å². The Balaban J connectivity index is 1.98. The molecule has 0 fully saturated rings. The Morgan fingerprint density at radius 1 is 1.41 bits per heavy atom. The molecule has 0 aliphatic heterocycles. The third-order valence-corrected chi connectivity index (χ3v) is 3.77. The van der Waals surface area contributed by atoms with Crippen LogP contribution >= 0.6 is 11.3 Å². The van der Waals surface area contributed by atoms with Crippen LogP contribution in [-0.2, 0) is 4.74 Å². The summed E-state index contributed by atoms with van der Waals surface area (Å²) in [6.07, 6.45) is -0.570. The fourth-order valence-corrected chi connectivity index (χ4v) is 2.86. The van der Waals surface area contributed by atoms with E-state index in [4.69, 9.17) is 9.47 Å². The Kier molecular flexibility index (Phi) is 3.92. The van der Waals surface area contributed by atoms with Gasteiger partial charge in [-0.1, -0.05) is 12.1 Å². The Morgan fingerprint density at radius 2 is 2.23 bits per heavy atom. The maximum atomic E-state index is 11.4. The van der Waals surface area contributed by atoms with Gasteiger partial charge in [0.15, 0.2) is 0 Å². The Morgan fingerprint density at radius 3 is 3.00 bits per heavy atom. The van der Waals surface area contributed by atoms with Crippen LogP contribution in [0.2, 0.25) is 0 Å². The molecule has 0 saturated carbocycles. The predicted octanol–water partition coefficient (Wildman–Crippen LogP) is 3.03. The fraction of sp³-hybridized carbons (Fsp3) is 0.214. The lowest BCUT2D eigenvalue weighted by atomic mass is 10.1. The van der Waals surface area contributed by atoms with Crippen molar-refractivity contribution in [3.63, 3.8) is 0 Å². The smallest absolute Gasteiger partial charge is 0.414 e. The number of ether oxygens (including phenoxy) is 2. The second-order valence-electron chi connectivity index (χ2n) is 4.30. The molecule has 0 unspecified atom stereocenters. The number of anilines is 1. The minimum absolute atomic E-state index is 0.210. The highest BCUT2D eigenvalue weighted by molar-refractivity contribution is 7.15. The van der Waals surface area contributed by atoms with Crippen LogP contribution in [0.5, 0.6) is 5.75 Å². The highest BCUT2D eigenvalue weighted by Gasteiger charge is 2.15. The van der Waals surface area contributed by atoms with E-state index in [1.54, 1.807) is 18.5 Å². The van der Waals surface area contributed by atoms with Gasteiger partial charge >= 0.3 is 6.09 Å². The summed E-state index contributed by atoms with van der Waals surface area (Å²) in [7, 11) is 1.62. The standard InChI is InChI=1S/C14H14N4O3S/c1-3-21-14(19)16-12-15-13-18(17-12)10(8-22-13)9-6-4-5-7-11(9)20-2/h4-8H,3H2,1-2H3,(H,16,17,19). The van der Waals surface area contributed by atoms with Crippen LogP contribution in [-0.4, -0.2) is 34.4 Å². The molecule has 0 saturated heterocycles. The first kappa shape index (κ1) is 14.3. The number of amides is 1. The van der Waals surface area contributed by atoms with Gasteiger partial charge < -0.3 is 9.47 Å². The van der Waals surface area contributed by atoms with Gasteiger partial charge in [0.25, 0.3) is 5.95 Å². The van der Waals surface area contributed by atoms with Gasteiger partial charge in [-0.3, -0.25) is 5.32 Å². The molecule has 1 aromatic carbocycles. The minimum atomic E-state index is -0.570. The van der Waals surface area contributed by atoms with Crippen molar-refractivity contribution < 1.29 is 14.3 Å². The van der Waals surface area contributed by atoms with Crippen molar-refractivity contribution in [2.75, 3.05) is 19.0 Å². The maximum Gasteiger partial charge on any atom is 0.414 e. The van der Waals surface area contributed by atoms with E-state index in [-0.39, 0.29) is 5.95 Å². The van der Waals surface area contributed by atoms with Gasteiger partial charge in [-0.2, -0.15) is 4.98 Å². The number of carbonyl (C=O) groups is 1. The summed E-state index contributed by atoms with van der Waals surface area (Å²) in [6, 6.07) is 7.66.